The van der Waals surface area contributed by atoms with Crippen molar-refractivity contribution in [2.24, 2.45) is 0 Å². The fraction of sp³-hybridized carbons (Fsp3) is 0.343. The van der Waals surface area contributed by atoms with Gasteiger partial charge in [-0.15, -0.1) is 11.8 Å². The number of thioether (sulfide) groups is 1. The van der Waals surface area contributed by atoms with Crippen molar-refractivity contribution in [2.45, 2.75) is 49.4 Å². The number of fused-ring (bicyclic) bond motifs is 1. The number of halogens is 1. The molecule has 234 valence electrons. The normalized spacial score (nSPS) is 20.2. The van der Waals surface area contributed by atoms with Gasteiger partial charge in [0.1, 0.15) is 4.75 Å². The smallest absolute Gasteiger partial charge is 0.317 e. The molecule has 2 aliphatic rings. The molecule has 2 atom stereocenters. The van der Waals surface area contributed by atoms with Crippen LogP contribution in [-0.2, 0) is 16.1 Å². The van der Waals surface area contributed by atoms with Gasteiger partial charge in [0.05, 0.1) is 12.5 Å². The fourth-order valence-electron chi connectivity index (χ4n) is 6.44. The highest BCUT2D eigenvalue weighted by Crippen LogP contribution is 2.55. The van der Waals surface area contributed by atoms with Gasteiger partial charge in [-0.2, -0.15) is 0 Å². The van der Waals surface area contributed by atoms with Gasteiger partial charge in [-0.25, -0.2) is 4.79 Å². The summed E-state index contributed by atoms with van der Waals surface area (Å²) in [6, 6.07) is 21.3. The Balaban J connectivity index is 1.46. The molecule has 8 nitrogen and oxygen atoms in total. The minimum absolute atomic E-state index is 0.0533. The molecule has 0 unspecified atom stereocenters. The Morgan fingerprint density at radius 3 is 2.27 bits per heavy atom. The molecular weight excluding hydrogens is 606 g/mol. The van der Waals surface area contributed by atoms with E-state index >= 15 is 4.79 Å². The first-order valence-corrected chi connectivity index (χ1v) is 16.6. The highest BCUT2D eigenvalue weighted by molar-refractivity contribution is 8.01. The summed E-state index contributed by atoms with van der Waals surface area (Å²) in [5.74, 6) is -0.158. The summed E-state index contributed by atoms with van der Waals surface area (Å²) in [6.45, 7) is 8.54. The predicted octanol–water partition coefficient (Wildman–Crippen LogP) is 6.32. The molecule has 2 saturated heterocycles. The van der Waals surface area contributed by atoms with E-state index in [1.807, 2.05) is 103 Å². The van der Waals surface area contributed by atoms with E-state index in [4.69, 9.17) is 11.6 Å². The zero-order valence-electron chi connectivity index (χ0n) is 25.8. The third-order valence-electron chi connectivity index (χ3n) is 8.80. The molecule has 10 heteroatoms. The number of nitrogens with one attached hydrogen (secondary N) is 2. The van der Waals surface area contributed by atoms with E-state index in [0.29, 0.717) is 44.3 Å². The number of hydrogen-bond acceptors (Lipinski definition) is 4. The van der Waals surface area contributed by atoms with Crippen LogP contribution in [0.5, 0.6) is 0 Å². The topological polar surface area (TPSA) is 88.8 Å². The van der Waals surface area contributed by atoms with Crippen LogP contribution in [0, 0.1) is 13.8 Å². The minimum atomic E-state index is -1.15. The lowest BCUT2D eigenvalue weighted by Crippen LogP contribution is -2.58. The molecule has 0 radical (unpaired) electrons. The number of aromatic nitrogens is 1. The Morgan fingerprint density at radius 1 is 0.956 bits per heavy atom. The van der Waals surface area contributed by atoms with Crippen molar-refractivity contribution < 1.29 is 14.4 Å². The van der Waals surface area contributed by atoms with Crippen molar-refractivity contribution in [3.63, 3.8) is 0 Å². The summed E-state index contributed by atoms with van der Waals surface area (Å²) >= 11 is 7.84. The summed E-state index contributed by atoms with van der Waals surface area (Å²) in [7, 11) is 0. The average molecular weight is 644 g/mol. The van der Waals surface area contributed by atoms with Crippen LogP contribution in [0.4, 0.5) is 4.79 Å². The zero-order valence-corrected chi connectivity index (χ0v) is 27.4. The van der Waals surface area contributed by atoms with Crippen LogP contribution < -0.4 is 5.32 Å². The van der Waals surface area contributed by atoms with E-state index in [0.717, 1.165) is 38.1 Å². The lowest BCUT2D eigenvalue weighted by Gasteiger charge is -2.42. The molecule has 2 fully saturated rings. The molecule has 3 heterocycles. The molecule has 0 bridgehead atoms. The molecule has 0 saturated carbocycles. The van der Waals surface area contributed by atoms with Crippen LogP contribution in [0.1, 0.15) is 41.6 Å². The maximum atomic E-state index is 15.1. The van der Waals surface area contributed by atoms with Crippen LogP contribution in [0.3, 0.4) is 0 Å². The summed E-state index contributed by atoms with van der Waals surface area (Å²) in [4.78, 5) is 51.6. The number of carbonyl (C=O) groups excluding carboxylic acids is 3. The average Bonchev–Trinajstić information content (AvgIpc) is 3.56. The number of aromatic amines is 1. The first-order chi connectivity index (χ1) is 21.7. The Bertz CT molecular complexity index is 1720. The Kier molecular flexibility index (Phi) is 8.84. The molecule has 2 N–H and O–H groups in total. The van der Waals surface area contributed by atoms with Gasteiger partial charge in [-0.3, -0.25) is 9.59 Å². The summed E-state index contributed by atoms with van der Waals surface area (Å²) in [6.07, 6.45) is 1.98. The van der Waals surface area contributed by atoms with Gasteiger partial charge in [-0.05, 0) is 50.6 Å². The second-order valence-electron chi connectivity index (χ2n) is 11.9. The molecule has 45 heavy (non-hydrogen) atoms. The molecule has 0 spiro atoms. The summed E-state index contributed by atoms with van der Waals surface area (Å²) in [5.41, 5.74) is 5.00. The Morgan fingerprint density at radius 2 is 1.60 bits per heavy atom. The van der Waals surface area contributed by atoms with Crippen LogP contribution in [0.25, 0.3) is 10.9 Å². The van der Waals surface area contributed by atoms with Crippen molar-refractivity contribution in [3.8, 4) is 0 Å². The van der Waals surface area contributed by atoms with Crippen molar-refractivity contribution in [1.82, 2.24) is 25.0 Å². The zero-order chi connectivity index (χ0) is 31.7. The minimum Gasteiger partial charge on any atom is -0.361 e. The second kappa shape index (κ2) is 12.8. The van der Waals surface area contributed by atoms with Crippen molar-refractivity contribution in [1.29, 1.82) is 0 Å². The number of carbonyl (C=O) groups is 3. The highest BCUT2D eigenvalue weighted by Gasteiger charge is 2.59. The quantitative estimate of drug-likeness (QED) is 0.247. The molecule has 4 aromatic rings. The number of rotatable bonds is 7. The van der Waals surface area contributed by atoms with Crippen molar-refractivity contribution in [2.75, 3.05) is 32.7 Å². The number of aryl methyl sites for hydroxylation is 2. The number of benzene rings is 3. The standard InChI is InChI=1S/C35H38ClN5O3S/c1-4-37-34(44)40-17-15-39(16-18-40)33(43)35(45-27-12-7-24(3)8-13-27)20-31(42)41(22-25-9-5-23(2)6-10-25)32(35)29-21-38-30-19-26(36)11-14-28(29)30/h5-14,19,21,32,38H,4,15-18,20,22H2,1-3H3,(H,37,44)/t32-,35-/m0/s1. The van der Waals surface area contributed by atoms with Crippen LogP contribution in [-0.4, -0.2) is 75.0 Å². The molecule has 3 aromatic carbocycles. The number of urea groups is 1. The third-order valence-corrected chi connectivity index (χ3v) is 10.4. The van der Waals surface area contributed by atoms with E-state index in [-0.39, 0.29) is 24.3 Å². The molecule has 2 aliphatic heterocycles. The number of amides is 4. The lowest BCUT2D eigenvalue weighted by molar-refractivity contribution is -0.136. The van der Waals surface area contributed by atoms with E-state index < -0.39 is 10.8 Å². The maximum Gasteiger partial charge on any atom is 0.317 e. The number of hydrogen-bond donors (Lipinski definition) is 2. The third kappa shape index (κ3) is 6.16. The van der Waals surface area contributed by atoms with E-state index in [9.17, 15) is 9.59 Å². The van der Waals surface area contributed by atoms with Crippen molar-refractivity contribution >= 4 is 52.1 Å². The van der Waals surface area contributed by atoms with Crippen LogP contribution >= 0.6 is 23.4 Å². The van der Waals surface area contributed by atoms with E-state index in [1.54, 1.807) is 4.90 Å². The molecular formula is C35H38ClN5O3S. The molecule has 6 rings (SSSR count). The largest absolute Gasteiger partial charge is 0.361 e. The predicted molar refractivity (Wildman–Crippen MR) is 179 cm³/mol. The van der Waals surface area contributed by atoms with Gasteiger partial charge in [0.15, 0.2) is 0 Å². The number of likely N-dealkylation sites (tertiary alicyclic amines) is 1. The lowest BCUT2D eigenvalue weighted by atomic mass is 9.90. The van der Waals surface area contributed by atoms with E-state index in [1.165, 1.54) is 11.8 Å². The Hall–Kier alpha value is -3.95. The Labute approximate surface area is 273 Å². The first-order valence-electron chi connectivity index (χ1n) is 15.4. The fourth-order valence-corrected chi connectivity index (χ4v) is 8.09. The molecule has 4 amide bonds. The van der Waals surface area contributed by atoms with E-state index in [2.05, 4.69) is 10.3 Å². The number of nitrogens with zero attached hydrogens (tertiary/aromatic N) is 3. The summed E-state index contributed by atoms with van der Waals surface area (Å²) in [5, 5.41) is 4.39. The van der Waals surface area contributed by atoms with Crippen LogP contribution in [0.15, 0.2) is 77.8 Å². The molecule has 0 aliphatic carbocycles. The van der Waals surface area contributed by atoms with Gasteiger partial charge in [0.25, 0.3) is 0 Å². The first kappa shape index (κ1) is 31.0. The number of piperazine rings is 1. The van der Waals surface area contributed by atoms with Gasteiger partial charge >= 0.3 is 6.03 Å². The van der Waals surface area contributed by atoms with Gasteiger partial charge in [-0.1, -0.05) is 65.2 Å². The number of H-pyrrole nitrogens is 1. The van der Waals surface area contributed by atoms with Crippen molar-refractivity contribution in [3.05, 3.63) is 100 Å². The highest BCUT2D eigenvalue weighted by atomic mass is 35.5. The van der Waals surface area contributed by atoms with Crippen LogP contribution in [0.2, 0.25) is 5.02 Å². The monoisotopic (exact) mass is 643 g/mol. The SMILES string of the molecule is CCNC(=O)N1CCN(C(=O)[C@]2(Sc3ccc(C)cc3)CC(=O)N(Cc3ccc(C)cc3)[C@H]2c2c[nH]c3cc(Cl)ccc23)CC1. The van der Waals surface area contributed by atoms with Gasteiger partial charge in [0, 0.05) is 71.8 Å². The van der Waals surface area contributed by atoms with Gasteiger partial charge < -0.3 is 25.0 Å². The summed E-state index contributed by atoms with van der Waals surface area (Å²) < 4.78 is -1.15. The second-order valence-corrected chi connectivity index (χ2v) is 13.8. The van der Waals surface area contributed by atoms with Gasteiger partial charge in [0.2, 0.25) is 11.8 Å². The molecule has 1 aromatic heterocycles. The maximum absolute atomic E-state index is 15.1.